The monoisotopic (exact) mass is 438 g/mol. The number of hydrogen-bond donors (Lipinski definition) is 0. The molecule has 1 nitrogen and oxygen atoms in total. The van der Waals surface area contributed by atoms with Gasteiger partial charge in [-0.25, -0.2) is 0 Å². The molecule has 0 unspecified atom stereocenters. The van der Waals surface area contributed by atoms with E-state index in [0.717, 1.165) is 19.1 Å². The summed E-state index contributed by atoms with van der Waals surface area (Å²) in [5.41, 5.74) is 0. The topological polar surface area (TPSA) is 9.23 Å². The predicted molar refractivity (Wildman–Crippen MR) is 140 cm³/mol. The summed E-state index contributed by atoms with van der Waals surface area (Å²) in [6, 6.07) is 0. The van der Waals surface area contributed by atoms with E-state index in [1.807, 2.05) is 0 Å². The van der Waals surface area contributed by atoms with Crippen molar-refractivity contribution in [3.8, 4) is 0 Å². The fraction of sp³-hybridized carbons (Fsp3) is 1.00. The standard InChI is InChI=1S/C12H25O.2C8H17.Al/c1-4-5-10-13-11-8-6-7-9-12(2)3;2*1-3-5-7-8-6-4-2;/h12H,1,4-11H2,2-3H3;2*1,3-8H2,2H3;. The lowest BCUT2D eigenvalue weighted by Gasteiger charge is -2.12. The molecule has 0 saturated carbocycles. The van der Waals surface area contributed by atoms with Crippen LogP contribution in [-0.4, -0.2) is 27.4 Å². The van der Waals surface area contributed by atoms with Gasteiger partial charge in [-0.1, -0.05) is 146 Å². The highest BCUT2D eigenvalue weighted by Crippen LogP contribution is 2.19. The number of ether oxygens (including phenoxy) is 1. The lowest BCUT2D eigenvalue weighted by atomic mass is 10.1. The number of rotatable bonds is 25. The number of hydrogen-bond acceptors (Lipinski definition) is 1. The Morgan fingerprint density at radius 1 is 0.500 bits per heavy atom. The Balaban J connectivity index is 3.75. The molecular weight excluding hydrogens is 379 g/mol. The molecule has 0 aromatic heterocycles. The lowest BCUT2D eigenvalue weighted by Crippen LogP contribution is -2.12. The summed E-state index contributed by atoms with van der Waals surface area (Å²) in [6.07, 6.45) is 25.7. The molecule has 2 heteroatoms. The maximum Gasteiger partial charge on any atom is 0.261 e. The van der Waals surface area contributed by atoms with Gasteiger partial charge in [0, 0.05) is 13.2 Å². The van der Waals surface area contributed by atoms with E-state index in [2.05, 4.69) is 27.7 Å². The second kappa shape index (κ2) is 25.8. The Bertz CT molecular complexity index is 289. The Hall–Kier alpha value is 0.492. The van der Waals surface area contributed by atoms with Crippen molar-refractivity contribution in [3.63, 3.8) is 0 Å². The molecule has 0 saturated heterocycles. The van der Waals surface area contributed by atoms with Gasteiger partial charge in [0.15, 0.2) is 0 Å². The summed E-state index contributed by atoms with van der Waals surface area (Å²) in [4.78, 5) is 0. The van der Waals surface area contributed by atoms with Gasteiger partial charge in [0.25, 0.3) is 14.1 Å². The van der Waals surface area contributed by atoms with E-state index in [-0.39, 0.29) is 0 Å². The molecular formula is C28H59AlO. The summed E-state index contributed by atoms with van der Waals surface area (Å²) >= 11 is -0.491. The van der Waals surface area contributed by atoms with Crippen LogP contribution in [0.3, 0.4) is 0 Å². The van der Waals surface area contributed by atoms with Crippen LogP contribution < -0.4 is 0 Å². The molecule has 0 aliphatic carbocycles. The molecule has 0 radical (unpaired) electrons. The van der Waals surface area contributed by atoms with Crippen LogP contribution in [0.4, 0.5) is 0 Å². The Morgan fingerprint density at radius 3 is 1.40 bits per heavy atom. The molecule has 0 rings (SSSR count). The van der Waals surface area contributed by atoms with Crippen molar-refractivity contribution in [2.75, 3.05) is 13.2 Å². The molecule has 0 heterocycles. The van der Waals surface area contributed by atoms with E-state index >= 15 is 0 Å². The van der Waals surface area contributed by atoms with E-state index in [9.17, 15) is 0 Å². The lowest BCUT2D eigenvalue weighted by molar-refractivity contribution is 0.127. The van der Waals surface area contributed by atoms with Gasteiger partial charge in [-0.3, -0.25) is 0 Å². The highest BCUT2D eigenvalue weighted by Gasteiger charge is 2.15. The average molecular weight is 439 g/mol. The molecule has 0 aliphatic heterocycles. The molecule has 0 amide bonds. The van der Waals surface area contributed by atoms with Crippen LogP contribution in [0.1, 0.15) is 143 Å². The van der Waals surface area contributed by atoms with E-state index in [1.165, 1.54) is 116 Å². The minimum absolute atomic E-state index is 0.491. The predicted octanol–water partition coefficient (Wildman–Crippen LogP) is 10.2. The van der Waals surface area contributed by atoms with Crippen LogP contribution in [0.5, 0.6) is 0 Å². The molecule has 0 aliphatic rings. The first-order valence-corrected chi connectivity index (χ1v) is 16.7. The van der Waals surface area contributed by atoms with Crippen molar-refractivity contribution >= 4 is 14.1 Å². The van der Waals surface area contributed by atoms with Crippen molar-refractivity contribution in [2.24, 2.45) is 5.92 Å². The van der Waals surface area contributed by atoms with Crippen LogP contribution in [-0.2, 0) is 4.74 Å². The molecule has 30 heavy (non-hydrogen) atoms. The third-order valence-corrected chi connectivity index (χ3v) is 10.3. The van der Waals surface area contributed by atoms with Gasteiger partial charge in [0.05, 0.1) is 0 Å². The van der Waals surface area contributed by atoms with E-state index < -0.39 is 14.1 Å². The second-order valence-electron chi connectivity index (χ2n) is 10.3. The molecule has 0 atom stereocenters. The highest BCUT2D eigenvalue weighted by molar-refractivity contribution is 6.58. The van der Waals surface area contributed by atoms with Gasteiger partial charge in [0.1, 0.15) is 0 Å². The first-order valence-electron chi connectivity index (χ1n) is 14.3. The fourth-order valence-corrected chi connectivity index (χ4v) is 8.00. The largest absolute Gasteiger partial charge is 0.381 e. The van der Waals surface area contributed by atoms with Crippen molar-refractivity contribution in [1.29, 1.82) is 0 Å². The van der Waals surface area contributed by atoms with Crippen LogP contribution in [0, 0.1) is 5.92 Å². The summed E-state index contributed by atoms with van der Waals surface area (Å²) in [5, 5.41) is 4.83. The van der Waals surface area contributed by atoms with Gasteiger partial charge in [0.2, 0.25) is 0 Å². The minimum atomic E-state index is -0.491. The summed E-state index contributed by atoms with van der Waals surface area (Å²) < 4.78 is 5.91. The van der Waals surface area contributed by atoms with Gasteiger partial charge in [-0.05, 0) is 18.8 Å². The first-order chi connectivity index (χ1) is 14.7. The molecule has 0 N–H and O–H groups in total. The van der Waals surface area contributed by atoms with Crippen LogP contribution in [0.15, 0.2) is 0 Å². The summed E-state index contributed by atoms with van der Waals surface area (Å²) in [6.45, 7) is 11.3. The van der Waals surface area contributed by atoms with Gasteiger partial charge in [-0.15, -0.1) is 0 Å². The zero-order chi connectivity index (χ0) is 22.1. The van der Waals surface area contributed by atoms with Crippen molar-refractivity contribution < 1.29 is 4.74 Å². The number of unbranched alkanes of at least 4 members (excludes halogenated alkanes) is 13. The third-order valence-electron chi connectivity index (χ3n) is 6.65. The van der Waals surface area contributed by atoms with Crippen LogP contribution in [0.25, 0.3) is 0 Å². The highest BCUT2D eigenvalue weighted by atomic mass is 27.2. The quantitative estimate of drug-likeness (QED) is 0.102. The molecule has 0 aromatic carbocycles. The van der Waals surface area contributed by atoms with Gasteiger partial charge < -0.3 is 4.74 Å². The maximum absolute atomic E-state index is 5.91. The fourth-order valence-electron chi connectivity index (χ4n) is 4.53. The third kappa shape index (κ3) is 24.8. The summed E-state index contributed by atoms with van der Waals surface area (Å²) in [7, 11) is 0. The van der Waals surface area contributed by atoms with E-state index in [4.69, 9.17) is 4.74 Å². The molecule has 0 spiro atoms. The summed E-state index contributed by atoms with van der Waals surface area (Å²) in [5.74, 6) is 0.857. The normalized spacial score (nSPS) is 11.5. The van der Waals surface area contributed by atoms with Crippen LogP contribution >= 0.6 is 0 Å². The van der Waals surface area contributed by atoms with Crippen molar-refractivity contribution in [1.82, 2.24) is 0 Å². The zero-order valence-corrected chi connectivity index (χ0v) is 23.0. The second-order valence-corrected chi connectivity index (χ2v) is 13.8. The Kier molecular flexibility index (Phi) is 26.2. The zero-order valence-electron chi connectivity index (χ0n) is 21.8. The molecule has 180 valence electrons. The van der Waals surface area contributed by atoms with Crippen molar-refractivity contribution in [2.45, 2.75) is 159 Å². The average Bonchev–Trinajstić information content (AvgIpc) is 2.73. The van der Waals surface area contributed by atoms with E-state index in [1.54, 1.807) is 15.8 Å². The van der Waals surface area contributed by atoms with Gasteiger partial charge in [-0.2, -0.15) is 0 Å². The Morgan fingerprint density at radius 2 is 0.900 bits per heavy atom. The molecule has 0 bridgehead atoms. The van der Waals surface area contributed by atoms with E-state index in [0.29, 0.717) is 0 Å². The van der Waals surface area contributed by atoms with Gasteiger partial charge >= 0.3 is 0 Å². The van der Waals surface area contributed by atoms with Crippen molar-refractivity contribution in [3.05, 3.63) is 0 Å². The molecule has 0 fully saturated rings. The smallest absolute Gasteiger partial charge is 0.261 e. The Labute approximate surface area is 196 Å². The first kappa shape index (κ1) is 30.5. The molecule has 0 aromatic rings. The minimum Gasteiger partial charge on any atom is -0.381 e. The SMILES string of the molecule is CCCCCCC[CH2][Al]([CH2]CCCCCCC)[CH2]CCCOCCCCCC(C)C. The van der Waals surface area contributed by atoms with Crippen LogP contribution in [0.2, 0.25) is 15.8 Å². The maximum atomic E-state index is 5.91.